The van der Waals surface area contributed by atoms with E-state index in [9.17, 15) is 0 Å². The average Bonchev–Trinajstić information content (AvgIpc) is 2.86. The summed E-state index contributed by atoms with van der Waals surface area (Å²) in [7, 11) is 0. The van der Waals surface area contributed by atoms with E-state index < -0.39 is 0 Å². The van der Waals surface area contributed by atoms with Gasteiger partial charge in [0.2, 0.25) is 0 Å². The minimum absolute atomic E-state index is 0.701. The fraction of sp³-hybridized carbons (Fsp3) is 0.800. The largest absolute Gasteiger partial charge is 0.327 e. The lowest BCUT2D eigenvalue weighted by molar-refractivity contribution is 0.0544. The maximum atomic E-state index is 4.91. The Bertz CT molecular complexity index is 471. The molecule has 1 atom stereocenters. The van der Waals surface area contributed by atoms with Crippen LogP contribution in [0.2, 0.25) is 0 Å². The second-order valence-electron chi connectivity index (χ2n) is 6.28. The first-order valence-electron chi connectivity index (χ1n) is 7.88. The molecule has 2 bridgehead atoms. The van der Waals surface area contributed by atoms with Crippen LogP contribution in [-0.2, 0) is 19.4 Å². The van der Waals surface area contributed by atoms with Crippen LogP contribution in [0.4, 0.5) is 0 Å². The van der Waals surface area contributed by atoms with E-state index in [1.807, 2.05) is 0 Å². The molecule has 4 aliphatic rings. The number of aromatic nitrogens is 2. The Morgan fingerprint density at radius 2 is 2.16 bits per heavy atom. The smallest absolute Gasteiger partial charge is 0.109 e. The van der Waals surface area contributed by atoms with E-state index in [0.29, 0.717) is 6.04 Å². The third-order valence-electron chi connectivity index (χ3n) is 5.27. The maximum Gasteiger partial charge on any atom is 0.109 e. The highest BCUT2D eigenvalue weighted by atomic mass is 15.2. The standard InChI is InChI=1S/C15H24N4/c1-2-15-17-12-9-16-6-3-13(12)19(15)14-10-18-7-4-11(14)5-8-18/h11,14,16H,2-10H2,1H3. The molecule has 1 N–H and O–H groups in total. The van der Waals surface area contributed by atoms with Crippen LogP contribution in [0.5, 0.6) is 0 Å². The molecule has 1 aromatic heterocycles. The van der Waals surface area contributed by atoms with Gasteiger partial charge in [0.25, 0.3) is 0 Å². The van der Waals surface area contributed by atoms with Gasteiger partial charge in [0, 0.05) is 38.2 Å². The number of rotatable bonds is 2. The fourth-order valence-corrected chi connectivity index (χ4v) is 4.26. The quantitative estimate of drug-likeness (QED) is 0.871. The first kappa shape index (κ1) is 11.9. The van der Waals surface area contributed by atoms with Crippen LogP contribution in [0.1, 0.15) is 43.0 Å². The van der Waals surface area contributed by atoms with Gasteiger partial charge in [0.1, 0.15) is 5.82 Å². The minimum Gasteiger partial charge on any atom is -0.327 e. The molecule has 4 nitrogen and oxygen atoms in total. The number of fused-ring (bicyclic) bond motifs is 4. The summed E-state index contributed by atoms with van der Waals surface area (Å²) in [5.41, 5.74) is 2.86. The molecule has 19 heavy (non-hydrogen) atoms. The predicted octanol–water partition coefficient (Wildman–Crippen LogP) is 1.36. The Labute approximate surface area is 115 Å². The number of hydrogen-bond donors (Lipinski definition) is 1. The van der Waals surface area contributed by atoms with Crippen LogP contribution in [-0.4, -0.2) is 40.6 Å². The van der Waals surface area contributed by atoms with Crippen molar-refractivity contribution in [3.63, 3.8) is 0 Å². The minimum atomic E-state index is 0.701. The third-order valence-corrected chi connectivity index (χ3v) is 5.27. The molecule has 5 rings (SSSR count). The number of nitrogens with zero attached hydrogens (tertiary/aromatic N) is 3. The summed E-state index contributed by atoms with van der Waals surface area (Å²) in [6, 6.07) is 0.701. The van der Waals surface area contributed by atoms with Crippen molar-refractivity contribution in [1.82, 2.24) is 19.8 Å². The Hall–Kier alpha value is -0.870. The van der Waals surface area contributed by atoms with Crippen molar-refractivity contribution in [3.8, 4) is 0 Å². The molecule has 0 radical (unpaired) electrons. The van der Waals surface area contributed by atoms with Crippen LogP contribution >= 0.6 is 0 Å². The van der Waals surface area contributed by atoms with Gasteiger partial charge in [-0.2, -0.15) is 0 Å². The Morgan fingerprint density at radius 3 is 2.84 bits per heavy atom. The molecular weight excluding hydrogens is 236 g/mol. The monoisotopic (exact) mass is 260 g/mol. The van der Waals surface area contributed by atoms with Crippen LogP contribution in [0, 0.1) is 5.92 Å². The number of nitrogens with one attached hydrogen (secondary N) is 1. The molecule has 0 spiro atoms. The summed E-state index contributed by atoms with van der Waals surface area (Å²) >= 11 is 0. The van der Waals surface area contributed by atoms with Gasteiger partial charge in [-0.3, -0.25) is 0 Å². The molecule has 4 heteroatoms. The number of piperidine rings is 3. The van der Waals surface area contributed by atoms with Crippen molar-refractivity contribution in [1.29, 1.82) is 0 Å². The summed E-state index contributed by atoms with van der Waals surface area (Å²) in [4.78, 5) is 7.56. The van der Waals surface area contributed by atoms with Gasteiger partial charge in [0.05, 0.1) is 11.7 Å². The molecule has 5 heterocycles. The molecular formula is C15H24N4. The molecule has 1 unspecified atom stereocenters. The van der Waals surface area contributed by atoms with Crippen LogP contribution in [0.25, 0.3) is 0 Å². The van der Waals surface area contributed by atoms with Gasteiger partial charge in [-0.15, -0.1) is 0 Å². The first-order valence-corrected chi connectivity index (χ1v) is 7.88. The summed E-state index contributed by atoms with van der Waals surface area (Å²) in [5.74, 6) is 2.22. The molecule has 0 saturated carbocycles. The Balaban J connectivity index is 1.75. The fourth-order valence-electron chi connectivity index (χ4n) is 4.26. The highest BCUT2D eigenvalue weighted by molar-refractivity contribution is 5.22. The van der Waals surface area contributed by atoms with E-state index in [4.69, 9.17) is 4.98 Å². The zero-order valence-electron chi connectivity index (χ0n) is 11.9. The summed E-state index contributed by atoms with van der Waals surface area (Å²) in [6.07, 6.45) is 5.00. The van der Waals surface area contributed by atoms with Gasteiger partial charge in [-0.25, -0.2) is 4.98 Å². The lowest BCUT2D eigenvalue weighted by Crippen LogP contribution is -2.48. The first-order chi connectivity index (χ1) is 9.36. The molecule has 0 amide bonds. The van der Waals surface area contributed by atoms with Crippen molar-refractivity contribution in [3.05, 3.63) is 17.2 Å². The van der Waals surface area contributed by atoms with Crippen LogP contribution in [0.15, 0.2) is 0 Å². The van der Waals surface area contributed by atoms with Gasteiger partial charge in [-0.1, -0.05) is 6.92 Å². The lowest BCUT2D eigenvalue weighted by Gasteiger charge is -2.46. The maximum absolute atomic E-state index is 4.91. The molecule has 1 aromatic rings. The van der Waals surface area contributed by atoms with Crippen molar-refractivity contribution in [2.24, 2.45) is 5.92 Å². The second kappa shape index (κ2) is 4.60. The normalized spacial score (nSPS) is 33.4. The summed E-state index contributed by atoms with van der Waals surface area (Å²) in [5, 5.41) is 3.46. The van der Waals surface area contributed by atoms with Crippen molar-refractivity contribution >= 4 is 0 Å². The Kier molecular flexibility index (Phi) is 2.88. The highest BCUT2D eigenvalue weighted by Crippen LogP contribution is 2.38. The van der Waals surface area contributed by atoms with E-state index in [1.54, 1.807) is 0 Å². The lowest BCUT2D eigenvalue weighted by atomic mass is 9.83. The van der Waals surface area contributed by atoms with Gasteiger partial charge < -0.3 is 14.8 Å². The SMILES string of the molecule is CCc1nc2c(n1C1CN3CCC1CC3)CCNC2. The summed E-state index contributed by atoms with van der Waals surface area (Å²) < 4.78 is 2.64. The van der Waals surface area contributed by atoms with E-state index in [2.05, 4.69) is 21.7 Å². The van der Waals surface area contributed by atoms with Crippen LogP contribution in [0.3, 0.4) is 0 Å². The predicted molar refractivity (Wildman–Crippen MR) is 75.2 cm³/mol. The number of imidazole rings is 1. The van der Waals surface area contributed by atoms with Crippen molar-refractivity contribution in [2.45, 2.75) is 45.2 Å². The van der Waals surface area contributed by atoms with Gasteiger partial charge >= 0.3 is 0 Å². The second-order valence-corrected chi connectivity index (χ2v) is 6.28. The number of aryl methyl sites for hydroxylation is 1. The zero-order chi connectivity index (χ0) is 12.8. The van der Waals surface area contributed by atoms with E-state index >= 15 is 0 Å². The van der Waals surface area contributed by atoms with Crippen molar-refractivity contribution < 1.29 is 0 Å². The Morgan fingerprint density at radius 1 is 1.32 bits per heavy atom. The van der Waals surface area contributed by atoms with Gasteiger partial charge in [0.15, 0.2) is 0 Å². The third kappa shape index (κ3) is 1.84. The average molecular weight is 260 g/mol. The molecule has 0 aromatic carbocycles. The molecule has 3 saturated heterocycles. The van der Waals surface area contributed by atoms with Crippen molar-refractivity contribution in [2.75, 3.05) is 26.2 Å². The number of hydrogen-bond acceptors (Lipinski definition) is 3. The van der Waals surface area contributed by atoms with E-state index in [1.165, 1.54) is 49.7 Å². The molecule has 3 fully saturated rings. The summed E-state index contributed by atoms with van der Waals surface area (Å²) in [6.45, 7) is 8.23. The van der Waals surface area contributed by atoms with Crippen LogP contribution < -0.4 is 5.32 Å². The van der Waals surface area contributed by atoms with E-state index in [-0.39, 0.29) is 0 Å². The van der Waals surface area contributed by atoms with Gasteiger partial charge in [-0.05, 0) is 31.8 Å². The molecule has 4 aliphatic heterocycles. The topological polar surface area (TPSA) is 33.1 Å². The molecule has 0 aliphatic carbocycles. The highest BCUT2D eigenvalue weighted by Gasteiger charge is 2.37. The molecule has 104 valence electrons. The zero-order valence-corrected chi connectivity index (χ0v) is 11.9. The van der Waals surface area contributed by atoms with E-state index in [0.717, 1.165) is 31.8 Å².